The Hall–Kier alpha value is -6.38. The van der Waals surface area contributed by atoms with Gasteiger partial charge < -0.3 is 30.3 Å². The van der Waals surface area contributed by atoms with E-state index in [4.69, 9.17) is 4.74 Å². The number of methoxy groups -OCH3 is 1. The zero-order valence-electron chi connectivity index (χ0n) is 36.9. The Morgan fingerprint density at radius 3 is 2.33 bits per heavy atom. The number of nitrogens with zero attached hydrogens (tertiary/aromatic N) is 5. The number of benzene rings is 3. The highest BCUT2D eigenvalue weighted by Gasteiger charge is 2.41. The average Bonchev–Trinajstić information content (AvgIpc) is 3.63. The first-order valence-electron chi connectivity index (χ1n) is 21.6. The number of hydrazine groups is 1. The summed E-state index contributed by atoms with van der Waals surface area (Å²) in [4.78, 5) is 66.7. The Labute approximate surface area is 370 Å². The fourth-order valence-corrected chi connectivity index (χ4v) is 7.99. The summed E-state index contributed by atoms with van der Waals surface area (Å²) in [6.07, 6.45) is 2.73. The van der Waals surface area contributed by atoms with E-state index in [1.165, 1.54) is 7.11 Å². The number of pyridine rings is 2. The van der Waals surface area contributed by atoms with Gasteiger partial charge in [-0.15, -0.1) is 0 Å². The largest absolute Gasteiger partial charge is 0.453 e. The van der Waals surface area contributed by atoms with Gasteiger partial charge in [0.15, 0.2) is 0 Å². The van der Waals surface area contributed by atoms with Crippen molar-refractivity contribution in [2.24, 2.45) is 11.3 Å². The smallest absolute Gasteiger partial charge is 0.406 e. The number of para-hydroxylation sites is 1. The van der Waals surface area contributed by atoms with Crippen LogP contribution in [-0.2, 0) is 33.8 Å². The van der Waals surface area contributed by atoms with E-state index in [1.54, 1.807) is 27.2 Å². The fraction of sp³-hybridized carbons (Fsp3) is 0.388. The Kier molecular flexibility index (Phi) is 15.8. The zero-order valence-corrected chi connectivity index (χ0v) is 36.9. The normalized spacial score (nSPS) is 14.9. The van der Waals surface area contributed by atoms with Crippen LogP contribution >= 0.6 is 0 Å². The third-order valence-corrected chi connectivity index (χ3v) is 11.6. The maximum absolute atomic E-state index is 14.6. The van der Waals surface area contributed by atoms with Gasteiger partial charge in [0.2, 0.25) is 11.8 Å². The molecule has 5 aromatic rings. The maximum Gasteiger partial charge on any atom is 0.406 e. The van der Waals surface area contributed by atoms with Crippen LogP contribution in [0.4, 0.5) is 9.59 Å². The number of rotatable bonds is 20. The highest BCUT2D eigenvalue weighted by Crippen LogP contribution is 2.26. The van der Waals surface area contributed by atoms with Gasteiger partial charge >= 0.3 is 12.1 Å². The first-order valence-corrected chi connectivity index (χ1v) is 21.6. The lowest BCUT2D eigenvalue weighted by atomic mass is 9.89. The standard InChI is InChI=1S/C49H60N8O6/c1-6-34(2)45(57-27-26-55(48(57)62)31-38-23-25-51-41-18-11-10-16-39(38)41)46(60)53-42(28-35-14-8-7-9-15-35)43(58)32-56(54-44(59)29-49(3,4)33-52-47(61)63-5)30-36-19-21-37(22-20-36)40-17-12-13-24-50-40/h7-25,34,42-43,45,58H,6,26-33H2,1-5H3,(H,52,61)(H,53,60)(H,54,59). The van der Waals surface area contributed by atoms with E-state index in [0.717, 1.165) is 38.9 Å². The Balaban J connectivity index is 1.22. The molecule has 3 aromatic carbocycles. The highest BCUT2D eigenvalue weighted by atomic mass is 16.5. The summed E-state index contributed by atoms with van der Waals surface area (Å²) in [6.45, 7) is 9.30. The van der Waals surface area contributed by atoms with Crippen LogP contribution in [0.15, 0.2) is 116 Å². The number of amides is 5. The van der Waals surface area contributed by atoms with Gasteiger partial charge in [-0.25, -0.2) is 14.6 Å². The van der Waals surface area contributed by atoms with Crippen molar-refractivity contribution in [3.05, 3.63) is 132 Å². The zero-order chi connectivity index (χ0) is 44.9. The molecule has 0 aliphatic carbocycles. The number of hydrogen-bond acceptors (Lipinski definition) is 9. The minimum atomic E-state index is -1.17. The number of urea groups is 1. The van der Waals surface area contributed by atoms with E-state index in [1.807, 2.05) is 131 Å². The lowest BCUT2D eigenvalue weighted by molar-refractivity contribution is -0.131. The second-order valence-electron chi connectivity index (χ2n) is 17.1. The van der Waals surface area contributed by atoms with Crippen molar-refractivity contribution in [2.75, 3.05) is 33.3 Å². The third kappa shape index (κ3) is 12.6. The molecular weight excluding hydrogens is 797 g/mol. The monoisotopic (exact) mass is 856 g/mol. The van der Waals surface area contributed by atoms with Crippen LogP contribution in [0.2, 0.25) is 0 Å². The van der Waals surface area contributed by atoms with Gasteiger partial charge in [-0.2, -0.15) is 0 Å². The molecule has 0 saturated carbocycles. The Morgan fingerprint density at radius 2 is 1.62 bits per heavy atom. The minimum Gasteiger partial charge on any atom is -0.453 e. The van der Waals surface area contributed by atoms with Crippen molar-refractivity contribution < 1.29 is 29.0 Å². The molecule has 1 aliphatic heterocycles. The summed E-state index contributed by atoms with van der Waals surface area (Å²) in [6, 6.07) is 31.1. The number of fused-ring (bicyclic) bond motifs is 1. The quantitative estimate of drug-likeness (QED) is 0.0653. The van der Waals surface area contributed by atoms with E-state index < -0.39 is 29.7 Å². The number of ether oxygens (including phenoxy) is 1. The molecule has 3 heterocycles. The number of carbonyl (C=O) groups excluding carboxylic acids is 4. The van der Waals surface area contributed by atoms with Crippen LogP contribution < -0.4 is 16.1 Å². The van der Waals surface area contributed by atoms with Crippen LogP contribution in [0.25, 0.3) is 22.2 Å². The first-order chi connectivity index (χ1) is 30.3. The molecule has 2 aromatic heterocycles. The average molecular weight is 857 g/mol. The second-order valence-corrected chi connectivity index (χ2v) is 17.1. The predicted octanol–water partition coefficient (Wildman–Crippen LogP) is 6.34. The molecule has 14 heteroatoms. The molecule has 6 rings (SSSR count). The van der Waals surface area contributed by atoms with Gasteiger partial charge in [0.1, 0.15) is 6.04 Å². The maximum atomic E-state index is 14.6. The summed E-state index contributed by atoms with van der Waals surface area (Å²) in [5.74, 6) is -0.859. The molecule has 1 saturated heterocycles. The minimum absolute atomic E-state index is 0.0450. The van der Waals surface area contributed by atoms with E-state index in [2.05, 4.69) is 26.0 Å². The molecule has 0 bridgehead atoms. The van der Waals surface area contributed by atoms with Gasteiger partial charge in [-0.3, -0.25) is 25.0 Å². The van der Waals surface area contributed by atoms with E-state index in [-0.39, 0.29) is 49.8 Å². The van der Waals surface area contributed by atoms with Crippen molar-refractivity contribution in [1.82, 2.24) is 40.8 Å². The van der Waals surface area contributed by atoms with Crippen molar-refractivity contribution in [3.8, 4) is 11.3 Å². The topological polar surface area (TPSA) is 169 Å². The SMILES string of the molecule is CCC(C)C(C(=O)NC(Cc1ccccc1)C(O)CN(Cc1ccc(-c2ccccn2)cc1)NC(=O)CC(C)(C)CNC(=O)OC)N1CCN(Cc2ccnc3ccccc23)C1=O. The summed E-state index contributed by atoms with van der Waals surface area (Å²) in [7, 11) is 1.28. The van der Waals surface area contributed by atoms with Crippen LogP contribution in [0.3, 0.4) is 0 Å². The van der Waals surface area contributed by atoms with Gasteiger partial charge in [0, 0.05) is 69.0 Å². The molecule has 4 unspecified atom stereocenters. The van der Waals surface area contributed by atoms with E-state index in [0.29, 0.717) is 32.5 Å². The van der Waals surface area contributed by atoms with Crippen LogP contribution in [-0.4, -0.2) is 105 Å². The van der Waals surface area contributed by atoms with Gasteiger partial charge in [0.05, 0.1) is 30.5 Å². The lowest BCUT2D eigenvalue weighted by Gasteiger charge is -2.35. The molecule has 5 amide bonds. The van der Waals surface area contributed by atoms with Gasteiger partial charge in [-0.1, -0.05) is 113 Å². The number of aliphatic hydroxyl groups is 1. The summed E-state index contributed by atoms with van der Waals surface area (Å²) >= 11 is 0. The number of carbonyl (C=O) groups is 4. The molecule has 0 spiro atoms. The number of nitrogens with one attached hydrogen (secondary N) is 3. The highest BCUT2D eigenvalue weighted by molar-refractivity contribution is 5.89. The number of aliphatic hydroxyl groups excluding tert-OH is 1. The molecule has 0 radical (unpaired) electrons. The molecule has 14 nitrogen and oxygen atoms in total. The molecule has 1 fully saturated rings. The molecule has 63 heavy (non-hydrogen) atoms. The number of alkyl carbamates (subject to hydrolysis) is 1. The molecule has 332 valence electrons. The first kappa shape index (κ1) is 46.1. The number of aromatic nitrogens is 2. The van der Waals surface area contributed by atoms with Gasteiger partial charge in [-0.05, 0) is 58.7 Å². The van der Waals surface area contributed by atoms with Crippen molar-refractivity contribution >= 4 is 34.8 Å². The van der Waals surface area contributed by atoms with Crippen molar-refractivity contribution in [3.63, 3.8) is 0 Å². The van der Waals surface area contributed by atoms with Crippen LogP contribution in [0.1, 0.15) is 57.2 Å². The Bertz CT molecular complexity index is 2290. The van der Waals surface area contributed by atoms with E-state index in [9.17, 15) is 24.3 Å². The van der Waals surface area contributed by atoms with Crippen molar-refractivity contribution in [1.29, 1.82) is 0 Å². The summed E-state index contributed by atoms with van der Waals surface area (Å²) in [5, 5.41) is 20.7. The predicted molar refractivity (Wildman–Crippen MR) is 243 cm³/mol. The molecule has 1 aliphatic rings. The lowest BCUT2D eigenvalue weighted by Crippen LogP contribution is -2.58. The van der Waals surface area contributed by atoms with Crippen molar-refractivity contribution in [2.45, 2.75) is 78.2 Å². The van der Waals surface area contributed by atoms with Gasteiger partial charge in [0.25, 0.3) is 0 Å². The molecule has 4 N–H and O–H groups in total. The fourth-order valence-electron chi connectivity index (χ4n) is 7.99. The molecule has 4 atom stereocenters. The summed E-state index contributed by atoms with van der Waals surface area (Å²) in [5.41, 5.74) is 7.74. The van der Waals surface area contributed by atoms with Crippen LogP contribution in [0, 0.1) is 11.3 Å². The third-order valence-electron chi connectivity index (χ3n) is 11.6. The second kappa shape index (κ2) is 21.6. The Morgan fingerprint density at radius 1 is 0.889 bits per heavy atom. The molecular formula is C49H60N8O6. The van der Waals surface area contributed by atoms with Crippen LogP contribution in [0.5, 0.6) is 0 Å². The summed E-state index contributed by atoms with van der Waals surface area (Å²) < 4.78 is 4.72. The van der Waals surface area contributed by atoms with E-state index >= 15 is 0 Å². The number of hydrogen-bond donors (Lipinski definition) is 4.